The number of ether oxygens (including phenoxy) is 2. The zero-order chi connectivity index (χ0) is 42.1. The zero-order valence-corrected chi connectivity index (χ0v) is 37.1. The minimum absolute atomic E-state index is 0.177. The van der Waals surface area contributed by atoms with Gasteiger partial charge >= 0.3 is 38.0 Å². The third-order valence-electron chi connectivity index (χ3n) is 11.5. The molecule has 2 heterocycles. The van der Waals surface area contributed by atoms with Gasteiger partial charge in [0, 0.05) is 21.7 Å². The molecule has 0 bridgehead atoms. The van der Waals surface area contributed by atoms with Crippen LogP contribution in [0.1, 0.15) is 96.9 Å². The molecular formula is C24H56BO20P6S-. The predicted octanol–water partition coefficient (Wildman–Crippen LogP) is 5.39. The van der Waals surface area contributed by atoms with Crippen LogP contribution in [-0.2, 0) is 70.4 Å². The maximum absolute atomic E-state index is 12.5. The third kappa shape index (κ3) is 11.7. The topological polar surface area (TPSA) is 301 Å². The monoisotopic (exact) mass is 893 g/mol. The van der Waals surface area contributed by atoms with Crippen molar-refractivity contribution in [3.05, 3.63) is 0 Å². The van der Waals surface area contributed by atoms with Crippen molar-refractivity contribution in [2.24, 2.45) is 21.7 Å². The summed E-state index contributed by atoms with van der Waals surface area (Å²) in [5.41, 5.74) is -4.37. The molecule has 0 amide bonds. The average molecular weight is 893 g/mol. The summed E-state index contributed by atoms with van der Waals surface area (Å²) in [5, 5.41) is 0. The van der Waals surface area contributed by atoms with E-state index in [0.29, 0.717) is 0 Å². The molecule has 0 aromatic heterocycles. The first-order chi connectivity index (χ1) is 22.2. The molecule has 7 N–H and O–H groups in total. The lowest BCUT2D eigenvalue weighted by molar-refractivity contribution is -0.123. The van der Waals surface area contributed by atoms with Crippen LogP contribution in [0.25, 0.3) is 0 Å². The number of phosphoric acid groups is 4. The van der Waals surface area contributed by atoms with Crippen LogP contribution in [0, 0.1) is 21.7 Å². The highest BCUT2D eigenvalue weighted by molar-refractivity contribution is 8.08. The van der Waals surface area contributed by atoms with E-state index in [1.807, 2.05) is 69.2 Å². The number of rotatable bonds is 14. The van der Waals surface area contributed by atoms with Gasteiger partial charge in [-0.1, -0.05) is 55.4 Å². The molecule has 2 rings (SSSR count). The average Bonchev–Trinajstić information content (AvgIpc) is 2.96. The molecule has 20 nitrogen and oxygen atoms in total. The molecule has 0 aliphatic carbocycles. The molecule has 0 aromatic carbocycles. The molecule has 312 valence electrons. The maximum atomic E-state index is 12.5. The fourth-order valence-electron chi connectivity index (χ4n) is 5.82. The van der Waals surface area contributed by atoms with Crippen LogP contribution in [0.15, 0.2) is 0 Å². The summed E-state index contributed by atoms with van der Waals surface area (Å²) in [6, 6.07) is 0. The van der Waals surface area contributed by atoms with Gasteiger partial charge < -0.3 is 57.3 Å². The smallest absolute Gasteiger partial charge is 0.366 e. The van der Waals surface area contributed by atoms with Gasteiger partial charge in [0.15, 0.2) is 7.47 Å². The first-order valence-electron chi connectivity index (χ1n) is 14.9. The Kier molecular flexibility index (Phi) is 14.9. The molecule has 28 heteroatoms. The Morgan fingerprint density at radius 2 is 0.788 bits per heavy atom. The lowest BCUT2D eigenvalue weighted by atomic mass is 9.57. The molecule has 0 aromatic rings. The molecule has 2 aliphatic rings. The molecule has 0 radical (unpaired) electrons. The summed E-state index contributed by atoms with van der Waals surface area (Å²) < 4.78 is 96.0. The molecule has 52 heavy (non-hydrogen) atoms. The van der Waals surface area contributed by atoms with Gasteiger partial charge in [-0.05, 0) is 53.3 Å². The summed E-state index contributed by atoms with van der Waals surface area (Å²) in [6.07, 6.45) is 0. The molecule has 0 spiro atoms. The zero-order valence-electron chi connectivity index (χ0n) is 30.9. The number of hydrogen-bond donors (Lipinski definition) is 7. The van der Waals surface area contributed by atoms with Crippen LogP contribution in [0.5, 0.6) is 0 Å². The Balaban J connectivity index is 0.000000520. The summed E-state index contributed by atoms with van der Waals surface area (Å²) >= 11 is 4.66. The standard InChI is InChI=1S/C12H29BO10P3.C12H27O10P3S/c1-9(2)10(3,4)12(7,21-11(9,5)6)8-20-24(13,14)22-26(18,19)23-25(15,16)17;1-9(2)10(3,4)12(7,20-11(9,5)6)8-19-25(18,26)22-24(16,17)21-23(13,14)15/h8H2,1-7,13H3,(H,18,19)(H2,15,16,17);8H2,1-7H3,(H,16,17)(H,18,26)(H2,13,14,15)/q-1;/t12-,24?;12-,25?/m11/s1. The van der Waals surface area contributed by atoms with Gasteiger partial charge in [0.2, 0.25) is 0 Å². The molecular weight excluding hydrogens is 837 g/mol. The summed E-state index contributed by atoms with van der Waals surface area (Å²) in [7, 11) is -26.4. The number of hydrogen-bond acceptors (Lipinski definition) is 14. The summed E-state index contributed by atoms with van der Waals surface area (Å²) in [4.78, 5) is 63.1. The van der Waals surface area contributed by atoms with Crippen molar-refractivity contribution in [3.8, 4) is 0 Å². The highest BCUT2D eigenvalue weighted by Crippen LogP contribution is 2.70. The highest BCUT2D eigenvalue weighted by atomic mass is 32.5. The normalized spacial score (nSPS) is 32.0. The van der Waals surface area contributed by atoms with Crippen molar-refractivity contribution in [2.75, 3.05) is 13.2 Å². The van der Waals surface area contributed by atoms with Crippen LogP contribution >= 0.6 is 45.5 Å². The summed E-state index contributed by atoms with van der Waals surface area (Å²) in [6.45, 7) is 22.5. The first kappa shape index (κ1) is 51.3. The largest absolute Gasteiger partial charge is 0.488 e. The fourth-order valence-corrected chi connectivity index (χ4v) is 12.5. The summed E-state index contributed by atoms with van der Waals surface area (Å²) in [5.74, 6) is 0. The van der Waals surface area contributed by atoms with E-state index in [0.717, 1.165) is 0 Å². The van der Waals surface area contributed by atoms with Gasteiger partial charge in [-0.3, -0.25) is 0 Å². The van der Waals surface area contributed by atoms with E-state index < -0.39 is 86.3 Å². The van der Waals surface area contributed by atoms with Gasteiger partial charge in [-0.2, -0.15) is 8.62 Å². The van der Waals surface area contributed by atoms with Gasteiger partial charge in [0.05, 0.1) is 43.2 Å². The van der Waals surface area contributed by atoms with Crippen molar-refractivity contribution < 1.29 is 92.8 Å². The lowest BCUT2D eigenvalue weighted by Crippen LogP contribution is -2.48. The minimum Gasteiger partial charge on any atom is -0.366 e. The van der Waals surface area contributed by atoms with Crippen molar-refractivity contribution in [2.45, 2.75) is 119 Å². The third-order valence-corrected chi connectivity index (χ3v) is 19.6. The van der Waals surface area contributed by atoms with E-state index in [1.54, 1.807) is 13.8 Å². The Morgan fingerprint density at radius 1 is 0.500 bits per heavy atom. The second kappa shape index (κ2) is 15.1. The Bertz CT molecular complexity index is 1520. The van der Waals surface area contributed by atoms with E-state index >= 15 is 0 Å². The van der Waals surface area contributed by atoms with Crippen molar-refractivity contribution in [1.29, 1.82) is 0 Å². The lowest BCUT2D eigenvalue weighted by Gasteiger charge is -2.45. The van der Waals surface area contributed by atoms with E-state index in [4.69, 9.17) is 38.1 Å². The van der Waals surface area contributed by atoms with E-state index in [2.05, 4.69) is 42.9 Å². The fraction of sp³-hybridized carbons (Fsp3) is 1.00. The molecule has 4 unspecified atom stereocenters. The van der Waals surface area contributed by atoms with Gasteiger partial charge in [0.1, 0.15) is 0 Å². The first-order valence-corrected chi connectivity index (χ1v) is 24.7. The molecule has 2 fully saturated rings. The van der Waals surface area contributed by atoms with Crippen LogP contribution in [0.2, 0.25) is 0 Å². The van der Waals surface area contributed by atoms with E-state index in [-0.39, 0.29) is 24.0 Å². The van der Waals surface area contributed by atoms with Crippen molar-refractivity contribution in [1.82, 2.24) is 0 Å². The van der Waals surface area contributed by atoms with Gasteiger partial charge in [-0.25, -0.2) is 26.9 Å². The SMILES string of the molecule is CC1(C)O[C@](C)(COP(O)(=S)OP(=O)(O)OP(=O)(O)O)C(C)(C)C1(C)C.[BH3-]P(=O)(OC[C@@]1(C)OC(C)(C)C(C)(C)C1(C)C)OP(=O)(O)OP(=O)(O)O. The maximum Gasteiger partial charge on any atom is 0.488 e. The molecule has 0 saturated carbocycles. The van der Waals surface area contributed by atoms with E-state index in [1.165, 1.54) is 0 Å². The quantitative estimate of drug-likeness (QED) is 0.0849. The van der Waals surface area contributed by atoms with Gasteiger partial charge in [0.25, 0.3) is 0 Å². The van der Waals surface area contributed by atoms with Gasteiger partial charge in [-0.15, -0.1) is 0 Å². The molecule has 6 atom stereocenters. The van der Waals surface area contributed by atoms with Crippen LogP contribution < -0.4 is 0 Å². The van der Waals surface area contributed by atoms with Crippen LogP contribution in [0.4, 0.5) is 0 Å². The van der Waals surface area contributed by atoms with Crippen molar-refractivity contribution in [3.63, 3.8) is 0 Å². The Morgan fingerprint density at radius 3 is 1.06 bits per heavy atom. The molecule has 2 saturated heterocycles. The Labute approximate surface area is 311 Å². The second-order valence-electron chi connectivity index (χ2n) is 15.7. The Hall–Kier alpha value is 1.26. The van der Waals surface area contributed by atoms with Crippen LogP contribution in [-0.4, -0.2) is 77.4 Å². The predicted molar refractivity (Wildman–Crippen MR) is 196 cm³/mol. The highest BCUT2D eigenvalue weighted by Gasteiger charge is 2.67. The van der Waals surface area contributed by atoms with Crippen molar-refractivity contribution >= 4 is 64.9 Å². The molecule has 2 aliphatic heterocycles. The van der Waals surface area contributed by atoms with Crippen LogP contribution in [0.3, 0.4) is 0 Å². The van der Waals surface area contributed by atoms with E-state index in [9.17, 15) is 37.5 Å². The minimum atomic E-state index is -5.34. The second-order valence-corrected chi connectivity index (χ2v) is 25.4.